The van der Waals surface area contributed by atoms with Gasteiger partial charge in [-0.25, -0.2) is 0 Å². The van der Waals surface area contributed by atoms with Crippen LogP contribution in [0.3, 0.4) is 0 Å². The maximum absolute atomic E-state index is 12.5. The van der Waals surface area contributed by atoms with Crippen LogP contribution in [-0.4, -0.2) is 61.5 Å². The second kappa shape index (κ2) is 8.86. The Morgan fingerprint density at radius 1 is 1.13 bits per heavy atom. The summed E-state index contributed by atoms with van der Waals surface area (Å²) in [5.41, 5.74) is 8.02. The van der Waals surface area contributed by atoms with Crippen molar-refractivity contribution >= 4 is 24.2 Å². The summed E-state index contributed by atoms with van der Waals surface area (Å²) in [7, 11) is 1.50. The predicted molar refractivity (Wildman–Crippen MR) is 90.4 cm³/mol. The Morgan fingerprint density at radius 3 is 2.17 bits per heavy atom. The minimum absolute atomic E-state index is 0. The number of hydrogen-bond donors (Lipinski definition) is 1. The van der Waals surface area contributed by atoms with Gasteiger partial charge in [0.2, 0.25) is 11.8 Å². The third-order valence-corrected chi connectivity index (χ3v) is 3.91. The van der Waals surface area contributed by atoms with E-state index < -0.39 is 6.04 Å². The van der Waals surface area contributed by atoms with Crippen LogP contribution < -0.4 is 5.73 Å². The third kappa shape index (κ3) is 4.92. The molecular formula is C16H24ClN3O3. The number of carbonyl (C=O) groups is 2. The van der Waals surface area contributed by atoms with E-state index in [-0.39, 0.29) is 30.8 Å². The van der Waals surface area contributed by atoms with E-state index in [0.29, 0.717) is 26.2 Å². The van der Waals surface area contributed by atoms with E-state index in [1.54, 1.807) is 9.80 Å². The summed E-state index contributed by atoms with van der Waals surface area (Å²) in [5, 5.41) is 0. The summed E-state index contributed by atoms with van der Waals surface area (Å²) in [6.45, 7) is 4.13. The second-order valence-corrected chi connectivity index (χ2v) is 5.53. The molecule has 0 spiro atoms. The summed E-state index contributed by atoms with van der Waals surface area (Å²) >= 11 is 0. The summed E-state index contributed by atoms with van der Waals surface area (Å²) in [6, 6.07) is 7.02. The Kier molecular flexibility index (Phi) is 7.48. The number of hydrogen-bond acceptors (Lipinski definition) is 4. The Hall–Kier alpha value is -1.63. The fourth-order valence-electron chi connectivity index (χ4n) is 2.50. The van der Waals surface area contributed by atoms with E-state index in [9.17, 15) is 9.59 Å². The lowest BCUT2D eigenvalue weighted by molar-refractivity contribution is -0.142. The first kappa shape index (κ1) is 19.4. The minimum atomic E-state index is -0.651. The van der Waals surface area contributed by atoms with Gasteiger partial charge in [-0.15, -0.1) is 12.4 Å². The number of methoxy groups -OCH3 is 1. The van der Waals surface area contributed by atoms with E-state index >= 15 is 0 Å². The molecule has 23 heavy (non-hydrogen) atoms. The number of carbonyl (C=O) groups excluding carboxylic acids is 2. The van der Waals surface area contributed by atoms with E-state index in [1.165, 1.54) is 7.11 Å². The van der Waals surface area contributed by atoms with Crippen LogP contribution in [0.2, 0.25) is 0 Å². The molecule has 2 N–H and O–H groups in total. The maximum atomic E-state index is 12.5. The standard InChI is InChI=1S/C16H23N3O3.ClH/c1-12-3-5-13(6-4-12)15(17)16(21)19-9-7-18(8-10-19)14(20)11-22-2;/h3-6,15H,7-11,17H2,1-2H3;1H. The van der Waals surface area contributed by atoms with Crippen molar-refractivity contribution in [3.8, 4) is 0 Å². The normalized spacial score (nSPS) is 15.8. The molecule has 1 atom stereocenters. The highest BCUT2D eigenvalue weighted by molar-refractivity contribution is 5.85. The molecule has 1 aromatic rings. The number of halogens is 1. The van der Waals surface area contributed by atoms with Gasteiger partial charge >= 0.3 is 0 Å². The number of aryl methyl sites for hydroxylation is 1. The molecule has 0 aliphatic carbocycles. The maximum Gasteiger partial charge on any atom is 0.248 e. The van der Waals surface area contributed by atoms with Crippen molar-refractivity contribution in [1.29, 1.82) is 0 Å². The third-order valence-electron chi connectivity index (χ3n) is 3.91. The highest BCUT2D eigenvalue weighted by Crippen LogP contribution is 2.15. The Bertz CT molecular complexity index is 528. The van der Waals surface area contributed by atoms with Crippen LogP contribution in [0.4, 0.5) is 0 Å². The van der Waals surface area contributed by atoms with Gasteiger partial charge in [0.1, 0.15) is 12.6 Å². The lowest BCUT2D eigenvalue weighted by atomic mass is 10.0. The van der Waals surface area contributed by atoms with Gasteiger partial charge in [0, 0.05) is 33.3 Å². The number of benzene rings is 1. The molecule has 1 aliphatic rings. The van der Waals surface area contributed by atoms with Crippen molar-refractivity contribution in [1.82, 2.24) is 9.80 Å². The van der Waals surface area contributed by atoms with Crippen molar-refractivity contribution in [3.63, 3.8) is 0 Å². The molecule has 1 aliphatic heterocycles. The average molecular weight is 342 g/mol. The Morgan fingerprint density at radius 2 is 1.65 bits per heavy atom. The number of amides is 2. The molecule has 1 unspecified atom stereocenters. The van der Waals surface area contributed by atoms with Gasteiger partial charge in [0.05, 0.1) is 0 Å². The number of nitrogens with two attached hydrogens (primary N) is 1. The molecule has 2 rings (SSSR count). The van der Waals surface area contributed by atoms with Crippen LogP contribution in [0.25, 0.3) is 0 Å². The van der Waals surface area contributed by atoms with Crippen molar-refractivity contribution in [2.75, 3.05) is 39.9 Å². The highest BCUT2D eigenvalue weighted by Gasteiger charge is 2.27. The van der Waals surface area contributed by atoms with Gasteiger partial charge < -0.3 is 20.3 Å². The van der Waals surface area contributed by atoms with E-state index in [1.807, 2.05) is 31.2 Å². The van der Waals surface area contributed by atoms with Crippen LogP contribution >= 0.6 is 12.4 Å². The molecule has 0 radical (unpaired) electrons. The fourth-order valence-corrected chi connectivity index (χ4v) is 2.50. The summed E-state index contributed by atoms with van der Waals surface area (Å²) in [5.74, 6) is -0.139. The SMILES string of the molecule is COCC(=O)N1CCN(C(=O)C(N)c2ccc(C)cc2)CC1.Cl. The van der Waals surface area contributed by atoms with Gasteiger partial charge in [-0.05, 0) is 12.5 Å². The summed E-state index contributed by atoms with van der Waals surface area (Å²) in [4.78, 5) is 27.6. The lowest BCUT2D eigenvalue weighted by Crippen LogP contribution is -2.53. The zero-order valence-electron chi connectivity index (χ0n) is 13.5. The molecule has 0 aromatic heterocycles. The van der Waals surface area contributed by atoms with E-state index in [0.717, 1.165) is 11.1 Å². The van der Waals surface area contributed by atoms with Gasteiger partial charge in [-0.2, -0.15) is 0 Å². The number of nitrogens with zero attached hydrogens (tertiary/aromatic N) is 2. The molecule has 2 amide bonds. The van der Waals surface area contributed by atoms with Crippen LogP contribution in [-0.2, 0) is 14.3 Å². The van der Waals surface area contributed by atoms with Gasteiger partial charge in [-0.3, -0.25) is 9.59 Å². The van der Waals surface area contributed by atoms with E-state index in [4.69, 9.17) is 10.5 Å². The fraction of sp³-hybridized carbons (Fsp3) is 0.500. The number of ether oxygens (including phenoxy) is 1. The average Bonchev–Trinajstić information content (AvgIpc) is 2.54. The molecule has 0 saturated carbocycles. The van der Waals surface area contributed by atoms with Gasteiger partial charge in [-0.1, -0.05) is 29.8 Å². The minimum Gasteiger partial charge on any atom is -0.375 e. The van der Waals surface area contributed by atoms with Crippen LogP contribution in [0, 0.1) is 6.92 Å². The Labute approximate surface area is 143 Å². The van der Waals surface area contributed by atoms with Crippen molar-refractivity contribution < 1.29 is 14.3 Å². The number of piperazine rings is 1. The molecular weight excluding hydrogens is 318 g/mol. The first-order valence-corrected chi connectivity index (χ1v) is 7.40. The zero-order valence-corrected chi connectivity index (χ0v) is 14.3. The van der Waals surface area contributed by atoms with Crippen molar-refractivity contribution in [2.45, 2.75) is 13.0 Å². The predicted octanol–water partition coefficient (Wildman–Crippen LogP) is 0.734. The lowest BCUT2D eigenvalue weighted by Gasteiger charge is -2.35. The van der Waals surface area contributed by atoms with Crippen LogP contribution in [0.5, 0.6) is 0 Å². The molecule has 1 aromatic carbocycles. The smallest absolute Gasteiger partial charge is 0.248 e. The molecule has 128 valence electrons. The van der Waals surface area contributed by atoms with Gasteiger partial charge in [0.25, 0.3) is 0 Å². The van der Waals surface area contributed by atoms with Gasteiger partial charge in [0.15, 0.2) is 0 Å². The molecule has 1 fully saturated rings. The molecule has 1 heterocycles. The number of rotatable bonds is 4. The van der Waals surface area contributed by atoms with Crippen molar-refractivity contribution in [3.05, 3.63) is 35.4 Å². The zero-order chi connectivity index (χ0) is 16.1. The van der Waals surface area contributed by atoms with Crippen molar-refractivity contribution in [2.24, 2.45) is 5.73 Å². The highest BCUT2D eigenvalue weighted by atomic mass is 35.5. The molecule has 6 nitrogen and oxygen atoms in total. The first-order valence-electron chi connectivity index (χ1n) is 7.40. The summed E-state index contributed by atoms with van der Waals surface area (Å²) in [6.07, 6.45) is 0. The topological polar surface area (TPSA) is 75.9 Å². The second-order valence-electron chi connectivity index (χ2n) is 5.53. The van der Waals surface area contributed by atoms with E-state index in [2.05, 4.69) is 0 Å². The quantitative estimate of drug-likeness (QED) is 0.876. The first-order chi connectivity index (χ1) is 10.5. The molecule has 7 heteroatoms. The summed E-state index contributed by atoms with van der Waals surface area (Å²) < 4.78 is 4.85. The Balaban J connectivity index is 0.00000264. The largest absolute Gasteiger partial charge is 0.375 e. The molecule has 0 bridgehead atoms. The van der Waals surface area contributed by atoms with Crippen LogP contribution in [0.15, 0.2) is 24.3 Å². The van der Waals surface area contributed by atoms with Crippen LogP contribution in [0.1, 0.15) is 17.2 Å². The monoisotopic (exact) mass is 341 g/mol. The molecule has 1 saturated heterocycles.